The molecule has 1 N–H and O–H groups in total. The van der Waals surface area contributed by atoms with Crippen LogP contribution in [-0.4, -0.2) is 23.9 Å². The molecule has 2 atom stereocenters. The van der Waals surface area contributed by atoms with E-state index in [9.17, 15) is 9.50 Å². The molecule has 0 aliphatic carbocycles. The van der Waals surface area contributed by atoms with Gasteiger partial charge in [0, 0.05) is 5.92 Å². The number of ether oxygens (including phenoxy) is 2. The van der Waals surface area contributed by atoms with Gasteiger partial charge in [-0.15, -0.1) is 0 Å². The highest BCUT2D eigenvalue weighted by molar-refractivity contribution is 5.26. The summed E-state index contributed by atoms with van der Waals surface area (Å²) in [5.41, 5.74) is 1.12. The molecule has 4 heteroatoms. The summed E-state index contributed by atoms with van der Waals surface area (Å²) in [5.74, 6) is 0.436. The average Bonchev–Trinajstić information content (AvgIpc) is 2.58. The summed E-state index contributed by atoms with van der Waals surface area (Å²) in [6.45, 7) is 6.00. The molecule has 0 unspecified atom stereocenters. The van der Waals surface area contributed by atoms with Crippen molar-refractivity contribution in [3.05, 3.63) is 65.5 Å². The third kappa shape index (κ3) is 5.83. The molecule has 0 bridgehead atoms. The quantitative estimate of drug-likeness (QED) is 0.771. The summed E-state index contributed by atoms with van der Waals surface area (Å²) < 4.78 is 24.3. The maximum Gasteiger partial charge on any atom is 0.123 e. The summed E-state index contributed by atoms with van der Waals surface area (Å²) in [6, 6.07) is 14.1. The molecule has 25 heavy (non-hydrogen) atoms. The van der Waals surface area contributed by atoms with Crippen LogP contribution in [0.5, 0.6) is 5.75 Å². The molecule has 0 aliphatic rings. The highest BCUT2D eigenvalue weighted by Gasteiger charge is 2.32. The lowest BCUT2D eigenvalue weighted by atomic mass is 9.82. The van der Waals surface area contributed by atoms with E-state index in [2.05, 4.69) is 0 Å². The summed E-state index contributed by atoms with van der Waals surface area (Å²) in [6.07, 6.45) is 0.459. The summed E-state index contributed by atoms with van der Waals surface area (Å²) in [4.78, 5) is 0. The SMILES string of the molecule is COc1ccc(CO[C@@H](C)[C@H](Cc2ccc(F)cc2)C(C)(C)O)cc1. The molecule has 2 aromatic carbocycles. The first kappa shape index (κ1) is 19.4. The molecular formula is C21H27FO3. The van der Waals surface area contributed by atoms with Gasteiger partial charge < -0.3 is 14.6 Å². The van der Waals surface area contributed by atoms with Gasteiger partial charge in [-0.2, -0.15) is 0 Å². The van der Waals surface area contributed by atoms with E-state index in [1.165, 1.54) is 12.1 Å². The molecule has 2 aromatic rings. The van der Waals surface area contributed by atoms with Gasteiger partial charge in [-0.3, -0.25) is 0 Å². The van der Waals surface area contributed by atoms with Crippen LogP contribution in [0, 0.1) is 11.7 Å². The van der Waals surface area contributed by atoms with Crippen LogP contribution < -0.4 is 4.74 Å². The van der Waals surface area contributed by atoms with Crippen LogP contribution in [-0.2, 0) is 17.8 Å². The predicted molar refractivity (Wildman–Crippen MR) is 97.1 cm³/mol. The van der Waals surface area contributed by atoms with Gasteiger partial charge in [0.1, 0.15) is 11.6 Å². The predicted octanol–water partition coefficient (Wildman–Crippen LogP) is 4.37. The molecule has 0 fully saturated rings. The lowest BCUT2D eigenvalue weighted by molar-refractivity contribution is -0.0746. The van der Waals surface area contributed by atoms with E-state index in [0.29, 0.717) is 13.0 Å². The van der Waals surface area contributed by atoms with Gasteiger partial charge in [0.05, 0.1) is 25.4 Å². The second kappa shape index (κ2) is 8.45. The number of hydrogen-bond acceptors (Lipinski definition) is 3. The normalized spacial score (nSPS) is 14.2. The van der Waals surface area contributed by atoms with Crippen LogP contribution in [0.25, 0.3) is 0 Å². The van der Waals surface area contributed by atoms with Crippen molar-refractivity contribution < 1.29 is 19.0 Å². The molecule has 0 aliphatic heterocycles. The third-order valence-corrected chi connectivity index (χ3v) is 4.51. The zero-order valence-corrected chi connectivity index (χ0v) is 15.3. The number of halogens is 1. The molecule has 2 rings (SSSR count). The molecule has 0 saturated heterocycles. The Kier molecular flexibility index (Phi) is 6.57. The van der Waals surface area contributed by atoms with Crippen molar-refractivity contribution in [1.82, 2.24) is 0 Å². The van der Waals surface area contributed by atoms with E-state index in [1.807, 2.05) is 31.2 Å². The van der Waals surface area contributed by atoms with E-state index in [1.54, 1.807) is 33.1 Å². The number of benzene rings is 2. The monoisotopic (exact) mass is 346 g/mol. The van der Waals surface area contributed by atoms with Crippen LogP contribution in [0.4, 0.5) is 4.39 Å². The van der Waals surface area contributed by atoms with E-state index >= 15 is 0 Å². The minimum Gasteiger partial charge on any atom is -0.497 e. The Labute approximate surface area is 149 Å². The van der Waals surface area contributed by atoms with Crippen LogP contribution in [0.1, 0.15) is 31.9 Å². The molecule has 136 valence electrons. The zero-order valence-electron chi connectivity index (χ0n) is 15.3. The first-order valence-corrected chi connectivity index (χ1v) is 8.51. The molecule has 0 radical (unpaired) electrons. The number of rotatable bonds is 8. The minimum atomic E-state index is -0.909. The lowest BCUT2D eigenvalue weighted by Crippen LogP contribution is -2.40. The number of aliphatic hydroxyl groups is 1. The standard InChI is InChI=1S/C21H27FO3/c1-15(25-14-17-7-11-19(24-4)12-8-17)20(21(2,3)23)13-16-5-9-18(22)10-6-16/h5-12,15,20,23H,13-14H2,1-4H3/t15-,20-/m0/s1. The summed E-state index contributed by atoms with van der Waals surface area (Å²) in [7, 11) is 1.64. The van der Waals surface area contributed by atoms with Crippen LogP contribution in [0.15, 0.2) is 48.5 Å². The topological polar surface area (TPSA) is 38.7 Å². The molecule has 3 nitrogen and oxygen atoms in total. The van der Waals surface area contributed by atoms with Crippen molar-refractivity contribution in [2.24, 2.45) is 5.92 Å². The lowest BCUT2D eigenvalue weighted by Gasteiger charge is -2.34. The fraction of sp³-hybridized carbons (Fsp3) is 0.429. The summed E-state index contributed by atoms with van der Waals surface area (Å²) >= 11 is 0. The molecular weight excluding hydrogens is 319 g/mol. The fourth-order valence-corrected chi connectivity index (χ4v) is 2.93. The van der Waals surface area contributed by atoms with E-state index in [4.69, 9.17) is 9.47 Å². The van der Waals surface area contributed by atoms with Gasteiger partial charge >= 0.3 is 0 Å². The highest BCUT2D eigenvalue weighted by Crippen LogP contribution is 2.27. The van der Waals surface area contributed by atoms with Gasteiger partial charge in [-0.05, 0) is 62.6 Å². The van der Waals surface area contributed by atoms with Crippen molar-refractivity contribution in [3.63, 3.8) is 0 Å². The van der Waals surface area contributed by atoms with Crippen molar-refractivity contribution in [2.45, 2.75) is 45.5 Å². The Hall–Kier alpha value is -1.91. The van der Waals surface area contributed by atoms with Crippen LogP contribution in [0.2, 0.25) is 0 Å². The highest BCUT2D eigenvalue weighted by atomic mass is 19.1. The molecule has 0 spiro atoms. The Morgan fingerprint density at radius 3 is 2.08 bits per heavy atom. The minimum absolute atomic E-state index is 0.115. The van der Waals surface area contributed by atoms with E-state index < -0.39 is 5.60 Å². The first-order valence-electron chi connectivity index (χ1n) is 8.51. The van der Waals surface area contributed by atoms with Gasteiger partial charge in [0.2, 0.25) is 0 Å². The zero-order chi connectivity index (χ0) is 18.4. The van der Waals surface area contributed by atoms with Crippen molar-refractivity contribution >= 4 is 0 Å². The smallest absolute Gasteiger partial charge is 0.123 e. The van der Waals surface area contributed by atoms with Crippen molar-refractivity contribution in [1.29, 1.82) is 0 Å². The van der Waals surface area contributed by atoms with Crippen molar-refractivity contribution in [2.75, 3.05) is 7.11 Å². The van der Waals surface area contributed by atoms with Gasteiger partial charge in [0.15, 0.2) is 0 Å². The molecule has 0 saturated carbocycles. The Morgan fingerprint density at radius 2 is 1.56 bits per heavy atom. The van der Waals surface area contributed by atoms with E-state index in [0.717, 1.165) is 16.9 Å². The first-order chi connectivity index (χ1) is 11.8. The van der Waals surface area contributed by atoms with Crippen LogP contribution >= 0.6 is 0 Å². The second-order valence-corrected chi connectivity index (χ2v) is 6.95. The summed E-state index contributed by atoms with van der Waals surface area (Å²) in [5, 5.41) is 10.6. The van der Waals surface area contributed by atoms with Crippen molar-refractivity contribution in [3.8, 4) is 5.75 Å². The van der Waals surface area contributed by atoms with Gasteiger partial charge in [0.25, 0.3) is 0 Å². The Balaban J connectivity index is 2.02. The molecule has 0 aromatic heterocycles. The Morgan fingerprint density at radius 1 is 1.00 bits per heavy atom. The van der Waals surface area contributed by atoms with E-state index in [-0.39, 0.29) is 17.8 Å². The Bertz CT molecular complexity index is 644. The second-order valence-electron chi connectivity index (χ2n) is 6.95. The third-order valence-electron chi connectivity index (χ3n) is 4.51. The van der Waals surface area contributed by atoms with Gasteiger partial charge in [-0.25, -0.2) is 4.39 Å². The maximum atomic E-state index is 13.1. The number of hydrogen-bond donors (Lipinski definition) is 1. The molecule has 0 heterocycles. The molecule has 0 amide bonds. The average molecular weight is 346 g/mol. The maximum absolute atomic E-state index is 13.1. The number of methoxy groups -OCH3 is 1. The van der Waals surface area contributed by atoms with Crippen LogP contribution in [0.3, 0.4) is 0 Å². The van der Waals surface area contributed by atoms with Gasteiger partial charge in [-0.1, -0.05) is 24.3 Å². The largest absolute Gasteiger partial charge is 0.497 e. The fourth-order valence-electron chi connectivity index (χ4n) is 2.93.